The average Bonchev–Trinajstić information content (AvgIpc) is 3.16. The molecule has 2 aliphatic heterocycles. The van der Waals surface area contributed by atoms with Gasteiger partial charge in [0.15, 0.2) is 13.2 Å². The third-order valence-electron chi connectivity index (χ3n) is 8.66. The number of piperazine rings is 2. The fraction of sp³-hybridized carbons (Fsp3) is 0.756. The molecule has 2 fully saturated rings. The summed E-state index contributed by atoms with van der Waals surface area (Å²) in [5.41, 5.74) is -0.0988. The molecule has 2 heterocycles. The highest BCUT2D eigenvalue weighted by atomic mass is 16.6. The molecule has 324 valence electrons. The van der Waals surface area contributed by atoms with Crippen molar-refractivity contribution in [3.8, 4) is 0 Å². The van der Waals surface area contributed by atoms with Crippen molar-refractivity contribution in [1.29, 1.82) is 0 Å². The van der Waals surface area contributed by atoms with Crippen LogP contribution >= 0.6 is 0 Å². The number of esters is 4. The van der Waals surface area contributed by atoms with Gasteiger partial charge in [-0.15, -0.1) is 0 Å². The van der Waals surface area contributed by atoms with Crippen LogP contribution in [0.2, 0.25) is 0 Å². The van der Waals surface area contributed by atoms with Crippen molar-refractivity contribution in [2.75, 3.05) is 92.9 Å². The number of hydrogen-bond acceptors (Lipinski definition) is 13. The van der Waals surface area contributed by atoms with Crippen molar-refractivity contribution in [3.05, 3.63) is 24.3 Å². The minimum Gasteiger partial charge on any atom is -0.479 e. The van der Waals surface area contributed by atoms with Crippen LogP contribution in [0.15, 0.2) is 24.3 Å². The first-order chi connectivity index (χ1) is 26.3. The fourth-order valence-corrected chi connectivity index (χ4v) is 5.11. The maximum Gasteiger partial charge on any atom is 0.341 e. The molecule has 2 N–H and O–H groups in total. The zero-order valence-corrected chi connectivity index (χ0v) is 34.2. The SMILES string of the molecule is C.C=C(CC(=O)OCCCCCCCC)C(=O)OCC(=O)N1CCN(C)CC1.C=C(CC(=O)OCCCCCCCC)C(=O)OCC(=O)O.CN1CCNCC1. The Balaban J connectivity index is 0. The molecule has 15 heteroatoms. The van der Waals surface area contributed by atoms with Crippen LogP contribution in [0.3, 0.4) is 0 Å². The first kappa shape index (κ1) is 54.3. The Morgan fingerprint density at radius 1 is 0.571 bits per heavy atom. The second kappa shape index (κ2) is 35.6. The lowest BCUT2D eigenvalue weighted by atomic mass is 10.1. The predicted octanol–water partition coefficient (Wildman–Crippen LogP) is 4.78. The molecule has 56 heavy (non-hydrogen) atoms. The van der Waals surface area contributed by atoms with Crippen LogP contribution in [0.25, 0.3) is 0 Å². The second-order valence-electron chi connectivity index (χ2n) is 13.8. The molecule has 0 aliphatic carbocycles. The van der Waals surface area contributed by atoms with Crippen molar-refractivity contribution in [2.45, 2.75) is 111 Å². The van der Waals surface area contributed by atoms with Crippen LogP contribution < -0.4 is 5.32 Å². The summed E-state index contributed by atoms with van der Waals surface area (Å²) in [6.07, 6.45) is 12.7. The van der Waals surface area contributed by atoms with E-state index in [2.05, 4.69) is 53.9 Å². The van der Waals surface area contributed by atoms with Gasteiger partial charge in [0, 0.05) is 63.5 Å². The van der Waals surface area contributed by atoms with Crippen molar-refractivity contribution < 1.29 is 52.8 Å². The minimum atomic E-state index is -1.26. The van der Waals surface area contributed by atoms with E-state index in [1.165, 1.54) is 51.6 Å². The number of nitrogens with one attached hydrogen (secondary N) is 1. The molecule has 0 aromatic heterocycles. The van der Waals surface area contributed by atoms with E-state index in [4.69, 9.17) is 19.3 Å². The molecule has 0 aromatic rings. The predicted molar refractivity (Wildman–Crippen MR) is 217 cm³/mol. The van der Waals surface area contributed by atoms with Gasteiger partial charge in [0.25, 0.3) is 5.91 Å². The lowest BCUT2D eigenvalue weighted by molar-refractivity contribution is -0.153. The molecule has 2 saturated heterocycles. The Labute approximate surface area is 336 Å². The number of nitrogens with zero attached hydrogens (tertiary/aromatic N) is 3. The molecule has 1 amide bonds. The van der Waals surface area contributed by atoms with Gasteiger partial charge < -0.3 is 44.1 Å². The topological polar surface area (TPSA) is 181 Å². The molecule has 0 atom stereocenters. The third kappa shape index (κ3) is 31.4. The third-order valence-corrected chi connectivity index (χ3v) is 8.66. The zero-order chi connectivity index (χ0) is 41.3. The van der Waals surface area contributed by atoms with Crippen molar-refractivity contribution in [1.82, 2.24) is 20.0 Å². The zero-order valence-electron chi connectivity index (χ0n) is 34.2. The van der Waals surface area contributed by atoms with Crippen LogP contribution in [-0.2, 0) is 47.7 Å². The van der Waals surface area contributed by atoms with Gasteiger partial charge in [0.1, 0.15) is 0 Å². The van der Waals surface area contributed by atoms with E-state index in [-0.39, 0.29) is 43.9 Å². The lowest BCUT2D eigenvalue weighted by Gasteiger charge is -2.32. The standard InChI is InChI=1S/C20H34N2O5.C15H24O6.C5H12N2.CH4/c1-4-5-6-7-8-9-14-26-19(24)15-17(2)20(25)27-16-18(23)22-12-10-21(3)11-13-22;1-3-4-5-6-7-8-9-20-14(18)10-12(2)15(19)21-11-13(16)17;1-7-4-2-6-3-5-7;/h2,4-16H2,1,3H3;2-11H2,1H3,(H,16,17);6H,2-5H2,1H3;1H4. The highest BCUT2D eigenvalue weighted by Gasteiger charge is 2.22. The summed E-state index contributed by atoms with van der Waals surface area (Å²) in [5, 5.41) is 11.6. The highest BCUT2D eigenvalue weighted by Crippen LogP contribution is 2.09. The molecule has 15 nitrogen and oxygen atoms in total. The van der Waals surface area contributed by atoms with Gasteiger partial charge >= 0.3 is 29.8 Å². The quantitative estimate of drug-likeness (QED) is 0.0590. The van der Waals surface area contributed by atoms with Gasteiger partial charge in [-0.1, -0.05) is 98.6 Å². The van der Waals surface area contributed by atoms with Crippen LogP contribution in [-0.4, -0.2) is 148 Å². The number of carbonyl (C=O) groups excluding carboxylic acids is 5. The van der Waals surface area contributed by atoms with Crippen LogP contribution in [0.5, 0.6) is 0 Å². The Kier molecular flexibility index (Phi) is 34.5. The summed E-state index contributed by atoms with van der Waals surface area (Å²) in [6, 6.07) is 0. The number of carboxylic acid groups (broad SMARTS) is 1. The number of carboxylic acids is 1. The molecular formula is C41H74N4O11. The number of carbonyl (C=O) groups is 6. The van der Waals surface area contributed by atoms with E-state index in [0.29, 0.717) is 26.3 Å². The maximum absolute atomic E-state index is 12.0. The molecule has 0 radical (unpaired) electrons. The van der Waals surface area contributed by atoms with Gasteiger partial charge in [-0.25, -0.2) is 14.4 Å². The van der Waals surface area contributed by atoms with E-state index in [9.17, 15) is 28.8 Å². The Bertz CT molecular complexity index is 1150. The van der Waals surface area contributed by atoms with Crippen LogP contribution in [0.1, 0.15) is 111 Å². The number of hydrogen-bond donors (Lipinski definition) is 2. The molecule has 2 aliphatic rings. The number of unbranched alkanes of at least 4 members (excludes halogenated alkanes) is 10. The highest BCUT2D eigenvalue weighted by molar-refractivity contribution is 5.95. The van der Waals surface area contributed by atoms with E-state index in [1.54, 1.807) is 4.90 Å². The van der Waals surface area contributed by atoms with Gasteiger partial charge in [0.2, 0.25) is 0 Å². The molecule has 0 bridgehead atoms. The van der Waals surface area contributed by atoms with Gasteiger partial charge in [-0.3, -0.25) is 14.4 Å². The summed E-state index contributed by atoms with van der Waals surface area (Å²) in [6.45, 7) is 18.5. The van der Waals surface area contributed by atoms with E-state index in [0.717, 1.165) is 64.7 Å². The average molecular weight is 799 g/mol. The van der Waals surface area contributed by atoms with Crippen LogP contribution in [0.4, 0.5) is 0 Å². The first-order valence-corrected chi connectivity index (χ1v) is 19.9. The first-order valence-electron chi connectivity index (χ1n) is 19.9. The summed E-state index contributed by atoms with van der Waals surface area (Å²) >= 11 is 0. The Hall–Kier alpha value is -3.82. The number of rotatable bonds is 24. The maximum atomic E-state index is 12.0. The number of likely N-dealkylation sites (N-methyl/N-ethyl adjacent to an activating group) is 2. The minimum absolute atomic E-state index is 0. The van der Waals surface area contributed by atoms with Gasteiger partial charge in [-0.2, -0.15) is 0 Å². The Morgan fingerprint density at radius 3 is 1.36 bits per heavy atom. The fourth-order valence-electron chi connectivity index (χ4n) is 5.11. The molecule has 0 unspecified atom stereocenters. The Morgan fingerprint density at radius 2 is 0.964 bits per heavy atom. The lowest BCUT2D eigenvalue weighted by Crippen LogP contribution is -2.48. The van der Waals surface area contributed by atoms with E-state index < -0.39 is 36.5 Å². The number of aliphatic carboxylic acids is 1. The second-order valence-corrected chi connectivity index (χ2v) is 13.8. The summed E-state index contributed by atoms with van der Waals surface area (Å²) in [4.78, 5) is 74.7. The van der Waals surface area contributed by atoms with Crippen molar-refractivity contribution in [2.24, 2.45) is 0 Å². The van der Waals surface area contributed by atoms with E-state index >= 15 is 0 Å². The largest absolute Gasteiger partial charge is 0.479 e. The molecule has 2 rings (SSSR count). The monoisotopic (exact) mass is 799 g/mol. The summed E-state index contributed by atoms with van der Waals surface area (Å²) < 4.78 is 19.5. The normalized spacial score (nSPS) is 14.0. The molecular weight excluding hydrogens is 724 g/mol. The number of ether oxygens (including phenoxy) is 4. The van der Waals surface area contributed by atoms with Gasteiger partial charge in [-0.05, 0) is 26.9 Å². The van der Waals surface area contributed by atoms with E-state index in [1.807, 2.05) is 7.05 Å². The molecule has 0 spiro atoms. The smallest absolute Gasteiger partial charge is 0.341 e. The van der Waals surface area contributed by atoms with Crippen LogP contribution in [0, 0.1) is 0 Å². The number of amides is 1. The van der Waals surface area contributed by atoms with Gasteiger partial charge in [0.05, 0.1) is 26.1 Å². The summed E-state index contributed by atoms with van der Waals surface area (Å²) in [5.74, 6) is -4.16. The molecule has 0 saturated carbocycles. The summed E-state index contributed by atoms with van der Waals surface area (Å²) in [7, 11) is 4.15. The van der Waals surface area contributed by atoms with Crippen molar-refractivity contribution >= 4 is 35.8 Å². The molecule has 0 aromatic carbocycles. The van der Waals surface area contributed by atoms with Crippen molar-refractivity contribution in [3.63, 3.8) is 0 Å².